The zero-order valence-electron chi connectivity index (χ0n) is 17.7. The lowest BCUT2D eigenvalue weighted by atomic mass is 9.99. The Hall–Kier alpha value is -3.71. The molecule has 1 aromatic heterocycles. The largest absolute Gasteiger partial charge is 0.384 e. The monoisotopic (exact) mass is 430 g/mol. The maximum atomic E-state index is 12.1. The third kappa shape index (κ3) is 4.33. The molecule has 2 heterocycles. The molecule has 3 N–H and O–H groups in total. The molecule has 1 saturated heterocycles. The van der Waals surface area contributed by atoms with Gasteiger partial charge in [0.05, 0.1) is 11.6 Å². The number of aliphatic hydroxyl groups is 1. The Morgan fingerprint density at radius 2 is 1.81 bits per heavy atom. The molecular weight excluding hydrogens is 404 g/mol. The van der Waals surface area contributed by atoms with Crippen LogP contribution in [0.5, 0.6) is 0 Å². The maximum absolute atomic E-state index is 12.1. The lowest BCUT2D eigenvalue weighted by molar-refractivity contribution is -0.127. The van der Waals surface area contributed by atoms with E-state index >= 15 is 0 Å². The lowest BCUT2D eigenvalue weighted by Crippen LogP contribution is -2.40. The molecule has 3 aromatic rings. The number of likely N-dealkylation sites (tertiary alicyclic amines) is 1. The van der Waals surface area contributed by atoms with Crippen molar-refractivity contribution in [3.05, 3.63) is 90.1 Å². The summed E-state index contributed by atoms with van der Waals surface area (Å²) in [6, 6.07) is 16.7. The minimum atomic E-state index is -0.742. The molecule has 32 heavy (non-hydrogen) atoms. The van der Waals surface area contributed by atoms with Crippen LogP contribution >= 0.6 is 0 Å². The summed E-state index contributed by atoms with van der Waals surface area (Å²) < 4.78 is 1.74. The SMILES string of the molecule is C=CC(=O)N1CCCC(n2cc(C(N)=O)c(-c3ccc(C(O)c4ccccc4)cc3)n2)C1. The van der Waals surface area contributed by atoms with Gasteiger partial charge in [0.15, 0.2) is 0 Å². The van der Waals surface area contributed by atoms with Gasteiger partial charge in [-0.15, -0.1) is 0 Å². The van der Waals surface area contributed by atoms with Crippen LogP contribution in [0.15, 0.2) is 73.4 Å². The molecule has 164 valence electrons. The lowest BCUT2D eigenvalue weighted by Gasteiger charge is -2.32. The molecule has 2 amide bonds. The van der Waals surface area contributed by atoms with Crippen LogP contribution in [-0.2, 0) is 4.79 Å². The molecule has 0 spiro atoms. The van der Waals surface area contributed by atoms with Gasteiger partial charge < -0.3 is 15.7 Å². The highest BCUT2D eigenvalue weighted by Gasteiger charge is 2.26. The standard InChI is InChI=1S/C25H26N4O3/c1-2-22(30)28-14-6-9-20(15-28)29-16-21(25(26)32)23(27-29)17-10-12-19(13-11-17)24(31)18-7-4-3-5-8-18/h2-5,7-8,10-13,16,20,24,31H,1,6,9,14-15H2,(H2,26,32). The summed E-state index contributed by atoms with van der Waals surface area (Å²) in [6.07, 6.45) is 3.93. The van der Waals surface area contributed by atoms with Crippen molar-refractivity contribution in [3.63, 3.8) is 0 Å². The molecule has 0 saturated carbocycles. The Morgan fingerprint density at radius 1 is 1.12 bits per heavy atom. The van der Waals surface area contributed by atoms with Crippen LogP contribution in [0.25, 0.3) is 11.3 Å². The molecular formula is C25H26N4O3. The summed E-state index contributed by atoms with van der Waals surface area (Å²) in [6.45, 7) is 4.75. The summed E-state index contributed by atoms with van der Waals surface area (Å²) in [5.74, 6) is -0.667. The molecule has 1 fully saturated rings. The highest BCUT2D eigenvalue weighted by molar-refractivity contribution is 5.98. The van der Waals surface area contributed by atoms with Crippen LogP contribution in [0.3, 0.4) is 0 Å². The zero-order chi connectivity index (χ0) is 22.7. The average molecular weight is 431 g/mol. The predicted octanol–water partition coefficient (Wildman–Crippen LogP) is 3.08. The molecule has 2 atom stereocenters. The first kappa shape index (κ1) is 21.5. The second-order valence-corrected chi connectivity index (χ2v) is 7.96. The fourth-order valence-corrected chi connectivity index (χ4v) is 4.12. The number of benzene rings is 2. The Kier molecular flexibility index (Phi) is 6.18. The predicted molar refractivity (Wildman–Crippen MR) is 122 cm³/mol. The molecule has 0 bridgehead atoms. The Balaban J connectivity index is 1.61. The average Bonchev–Trinajstić information content (AvgIpc) is 3.30. The number of aromatic nitrogens is 2. The van der Waals surface area contributed by atoms with Gasteiger partial charge in [-0.25, -0.2) is 0 Å². The summed E-state index contributed by atoms with van der Waals surface area (Å²) in [4.78, 5) is 25.9. The fraction of sp³-hybridized carbons (Fsp3) is 0.240. The number of aliphatic hydroxyl groups excluding tert-OH is 1. The highest BCUT2D eigenvalue weighted by Crippen LogP contribution is 2.29. The quantitative estimate of drug-likeness (QED) is 0.587. The number of nitrogens with zero attached hydrogens (tertiary/aromatic N) is 3. The van der Waals surface area contributed by atoms with Crippen LogP contribution in [0, 0.1) is 0 Å². The first-order valence-corrected chi connectivity index (χ1v) is 10.6. The van der Waals surface area contributed by atoms with Gasteiger partial charge in [-0.1, -0.05) is 61.2 Å². The minimum Gasteiger partial charge on any atom is -0.384 e. The van der Waals surface area contributed by atoms with Gasteiger partial charge in [-0.05, 0) is 30.0 Å². The molecule has 2 aromatic carbocycles. The van der Waals surface area contributed by atoms with Crippen molar-refractivity contribution < 1.29 is 14.7 Å². The third-order valence-electron chi connectivity index (χ3n) is 5.87. The fourth-order valence-electron chi connectivity index (χ4n) is 4.12. The second kappa shape index (κ2) is 9.20. The van der Waals surface area contributed by atoms with Crippen molar-refractivity contribution in [1.82, 2.24) is 14.7 Å². The maximum Gasteiger partial charge on any atom is 0.252 e. The van der Waals surface area contributed by atoms with Crippen molar-refractivity contribution in [1.29, 1.82) is 0 Å². The molecule has 7 nitrogen and oxygen atoms in total. The summed E-state index contributed by atoms with van der Waals surface area (Å²) >= 11 is 0. The van der Waals surface area contributed by atoms with Crippen molar-refractivity contribution in [2.24, 2.45) is 5.73 Å². The molecule has 4 rings (SSSR count). The Bertz CT molecular complexity index is 1120. The number of carbonyl (C=O) groups excluding carboxylic acids is 2. The summed E-state index contributed by atoms with van der Waals surface area (Å²) in [7, 11) is 0. The number of nitrogens with two attached hydrogens (primary N) is 1. The molecule has 0 radical (unpaired) electrons. The van der Waals surface area contributed by atoms with Crippen molar-refractivity contribution >= 4 is 11.8 Å². The number of hydrogen-bond acceptors (Lipinski definition) is 4. The van der Waals surface area contributed by atoms with E-state index in [-0.39, 0.29) is 11.9 Å². The van der Waals surface area contributed by atoms with E-state index in [1.807, 2.05) is 54.6 Å². The topological polar surface area (TPSA) is 101 Å². The van der Waals surface area contributed by atoms with Gasteiger partial charge >= 0.3 is 0 Å². The highest BCUT2D eigenvalue weighted by atomic mass is 16.3. The van der Waals surface area contributed by atoms with E-state index in [2.05, 4.69) is 11.7 Å². The van der Waals surface area contributed by atoms with Gasteiger partial charge in [0.1, 0.15) is 11.8 Å². The smallest absolute Gasteiger partial charge is 0.252 e. The van der Waals surface area contributed by atoms with Gasteiger partial charge in [0, 0.05) is 24.8 Å². The van der Waals surface area contributed by atoms with E-state index in [1.54, 1.807) is 15.8 Å². The normalized spacial score (nSPS) is 17.0. The van der Waals surface area contributed by atoms with Crippen LogP contribution in [0.2, 0.25) is 0 Å². The Labute approximate surface area is 186 Å². The van der Waals surface area contributed by atoms with E-state index in [4.69, 9.17) is 5.73 Å². The van der Waals surface area contributed by atoms with Crippen LogP contribution in [0.1, 0.15) is 46.5 Å². The van der Waals surface area contributed by atoms with Crippen LogP contribution < -0.4 is 5.73 Å². The minimum absolute atomic E-state index is 0.0429. The second-order valence-electron chi connectivity index (χ2n) is 7.96. The van der Waals surface area contributed by atoms with E-state index in [0.717, 1.165) is 29.5 Å². The first-order chi connectivity index (χ1) is 15.5. The van der Waals surface area contributed by atoms with Gasteiger partial charge in [0.25, 0.3) is 5.91 Å². The van der Waals surface area contributed by atoms with E-state index < -0.39 is 12.0 Å². The number of hydrogen-bond donors (Lipinski definition) is 2. The van der Waals surface area contributed by atoms with E-state index in [0.29, 0.717) is 24.3 Å². The van der Waals surface area contributed by atoms with E-state index in [1.165, 1.54) is 6.08 Å². The third-order valence-corrected chi connectivity index (χ3v) is 5.87. The molecule has 1 aliphatic heterocycles. The number of rotatable bonds is 6. The molecule has 2 unspecified atom stereocenters. The van der Waals surface area contributed by atoms with E-state index in [9.17, 15) is 14.7 Å². The number of primary amides is 1. The summed E-state index contributed by atoms with van der Waals surface area (Å²) in [5, 5.41) is 15.3. The molecule has 1 aliphatic rings. The molecule has 7 heteroatoms. The first-order valence-electron chi connectivity index (χ1n) is 10.6. The Morgan fingerprint density at radius 3 is 2.47 bits per heavy atom. The number of amides is 2. The van der Waals surface area contributed by atoms with Crippen LogP contribution in [-0.4, -0.2) is 44.7 Å². The number of piperidine rings is 1. The van der Waals surface area contributed by atoms with Crippen molar-refractivity contribution in [2.45, 2.75) is 25.0 Å². The summed E-state index contributed by atoms with van der Waals surface area (Å²) in [5.41, 5.74) is 8.73. The van der Waals surface area contributed by atoms with Gasteiger partial charge in [-0.3, -0.25) is 14.3 Å². The van der Waals surface area contributed by atoms with Crippen molar-refractivity contribution in [3.8, 4) is 11.3 Å². The van der Waals surface area contributed by atoms with Gasteiger partial charge in [0.2, 0.25) is 5.91 Å². The zero-order valence-corrected chi connectivity index (χ0v) is 17.7. The van der Waals surface area contributed by atoms with Crippen molar-refractivity contribution in [2.75, 3.05) is 13.1 Å². The van der Waals surface area contributed by atoms with Crippen LogP contribution in [0.4, 0.5) is 0 Å². The molecule has 0 aliphatic carbocycles. The van der Waals surface area contributed by atoms with Gasteiger partial charge in [-0.2, -0.15) is 5.10 Å². The number of carbonyl (C=O) groups is 2.